The van der Waals surface area contributed by atoms with E-state index in [2.05, 4.69) is 24.3 Å². The first-order chi connectivity index (χ1) is 11.3. The minimum absolute atomic E-state index is 0.307. The van der Waals surface area contributed by atoms with E-state index in [1.165, 1.54) is 11.1 Å². The fraction of sp³-hybridized carbons (Fsp3) is 0.368. The molecule has 0 radical (unpaired) electrons. The van der Waals surface area contributed by atoms with Crippen LogP contribution in [0.15, 0.2) is 59.7 Å². The number of rotatable bonds is 0. The third kappa shape index (κ3) is 1.37. The van der Waals surface area contributed by atoms with Crippen LogP contribution in [0.2, 0.25) is 0 Å². The molecule has 2 saturated heterocycles. The van der Waals surface area contributed by atoms with Gasteiger partial charge in [0.1, 0.15) is 5.60 Å². The molecule has 2 fully saturated rings. The molecule has 23 heavy (non-hydrogen) atoms. The van der Waals surface area contributed by atoms with Gasteiger partial charge in [-0.15, -0.1) is 0 Å². The molecule has 2 spiro atoms. The molecule has 0 amide bonds. The van der Waals surface area contributed by atoms with E-state index in [0.29, 0.717) is 19.8 Å². The van der Waals surface area contributed by atoms with Gasteiger partial charge >= 0.3 is 0 Å². The topological polar surface area (TPSA) is 36.9 Å². The highest BCUT2D eigenvalue weighted by molar-refractivity contribution is 5.63. The molecule has 0 saturated carbocycles. The lowest BCUT2D eigenvalue weighted by Gasteiger charge is -2.55. The van der Waals surface area contributed by atoms with Crippen LogP contribution >= 0.6 is 0 Å². The van der Waals surface area contributed by atoms with E-state index >= 15 is 0 Å². The van der Waals surface area contributed by atoms with Crippen molar-refractivity contribution in [3.8, 4) is 0 Å². The summed E-state index contributed by atoms with van der Waals surface area (Å²) in [6.07, 6.45) is 7.92. The summed E-state index contributed by atoms with van der Waals surface area (Å²) in [6.45, 7) is 1.67. The van der Waals surface area contributed by atoms with Gasteiger partial charge < -0.3 is 18.9 Å². The van der Waals surface area contributed by atoms with Crippen molar-refractivity contribution >= 4 is 0 Å². The van der Waals surface area contributed by atoms with Crippen molar-refractivity contribution in [3.63, 3.8) is 0 Å². The average Bonchev–Trinajstić information content (AvgIpc) is 3.09. The van der Waals surface area contributed by atoms with Crippen LogP contribution in [0.3, 0.4) is 0 Å². The number of benzene rings is 1. The van der Waals surface area contributed by atoms with Gasteiger partial charge in [0.25, 0.3) is 0 Å². The standard InChI is InChI=1S/C19H16O4/c1-3-13-4-2-12(1)16-20-9-18(10-21-16)11-22-17(13)23-19(18)14-5-6-15(19)8-7-14/h1-8,16-17H,9-11H2. The van der Waals surface area contributed by atoms with Gasteiger partial charge in [0.15, 0.2) is 12.6 Å². The van der Waals surface area contributed by atoms with Crippen LogP contribution in [0.5, 0.6) is 0 Å². The smallest absolute Gasteiger partial charge is 0.185 e. The minimum Gasteiger partial charge on any atom is -0.347 e. The number of allylic oxidation sites excluding steroid dienone is 2. The quantitative estimate of drug-likeness (QED) is 0.738. The maximum Gasteiger partial charge on any atom is 0.185 e. The highest BCUT2D eigenvalue weighted by atomic mass is 16.7. The molecular weight excluding hydrogens is 292 g/mol. The molecule has 11 rings (SSSR count). The number of hydrogen-bond donors (Lipinski definition) is 0. The number of ether oxygens (including phenoxy) is 4. The van der Waals surface area contributed by atoms with Gasteiger partial charge in [0.2, 0.25) is 0 Å². The predicted molar refractivity (Wildman–Crippen MR) is 81.3 cm³/mol. The fourth-order valence-electron chi connectivity index (χ4n) is 4.52. The fourth-order valence-corrected chi connectivity index (χ4v) is 4.52. The first-order valence-electron chi connectivity index (χ1n) is 8.04. The summed E-state index contributed by atoms with van der Waals surface area (Å²) in [5, 5.41) is 0. The van der Waals surface area contributed by atoms with Gasteiger partial charge in [-0.05, 0) is 11.1 Å². The minimum atomic E-state index is -0.511. The normalized spacial score (nSPS) is 38.1. The Morgan fingerprint density at radius 2 is 1.26 bits per heavy atom. The second-order valence-corrected chi connectivity index (χ2v) is 6.92. The molecule has 8 aliphatic heterocycles. The Bertz CT molecular complexity index is 748. The molecule has 1 aromatic rings. The zero-order valence-electron chi connectivity index (χ0n) is 12.5. The highest BCUT2D eigenvalue weighted by Gasteiger charge is 2.64. The van der Waals surface area contributed by atoms with E-state index in [1.807, 2.05) is 24.3 Å². The third-order valence-corrected chi connectivity index (χ3v) is 5.74. The van der Waals surface area contributed by atoms with Crippen molar-refractivity contribution < 1.29 is 18.9 Å². The molecule has 0 N–H and O–H groups in total. The summed E-state index contributed by atoms with van der Waals surface area (Å²) in [6, 6.07) is 8.17. The highest BCUT2D eigenvalue weighted by Crippen LogP contribution is 2.59. The monoisotopic (exact) mass is 308 g/mol. The van der Waals surface area contributed by atoms with Crippen LogP contribution in [-0.2, 0) is 18.9 Å². The second-order valence-electron chi connectivity index (χ2n) is 6.92. The van der Waals surface area contributed by atoms with Gasteiger partial charge in [-0.1, -0.05) is 48.6 Å². The lowest BCUT2D eigenvalue weighted by Crippen LogP contribution is -2.63. The molecular formula is C19H16O4. The molecule has 1 aromatic carbocycles. The van der Waals surface area contributed by atoms with Gasteiger partial charge in [-0.2, -0.15) is 0 Å². The van der Waals surface area contributed by atoms with E-state index < -0.39 is 5.60 Å². The van der Waals surface area contributed by atoms with Crippen molar-refractivity contribution in [2.24, 2.45) is 5.41 Å². The van der Waals surface area contributed by atoms with Gasteiger partial charge in [-0.25, -0.2) is 0 Å². The first-order valence-corrected chi connectivity index (χ1v) is 8.04. The van der Waals surface area contributed by atoms with Crippen LogP contribution in [0.1, 0.15) is 23.7 Å². The Hall–Kier alpha value is -1.72. The van der Waals surface area contributed by atoms with Crippen molar-refractivity contribution in [2.45, 2.75) is 18.2 Å². The van der Waals surface area contributed by atoms with Crippen LogP contribution in [0.4, 0.5) is 0 Å². The lowest BCUT2D eigenvalue weighted by atomic mass is 9.68. The van der Waals surface area contributed by atoms with Crippen molar-refractivity contribution in [2.75, 3.05) is 19.8 Å². The summed E-state index contributed by atoms with van der Waals surface area (Å²) in [5.74, 6) is 0. The van der Waals surface area contributed by atoms with E-state index in [1.54, 1.807) is 0 Å². The zero-order valence-corrected chi connectivity index (χ0v) is 12.5. The molecule has 4 heteroatoms. The summed E-state index contributed by atoms with van der Waals surface area (Å²) < 4.78 is 25.0. The van der Waals surface area contributed by atoms with Crippen molar-refractivity contribution in [1.29, 1.82) is 0 Å². The Balaban J connectivity index is 1.59. The molecule has 1 atom stereocenters. The Kier molecular flexibility index (Phi) is 2.22. The van der Waals surface area contributed by atoms with Gasteiger partial charge in [0, 0.05) is 11.1 Å². The maximum atomic E-state index is 6.63. The van der Waals surface area contributed by atoms with E-state index in [9.17, 15) is 0 Å². The Morgan fingerprint density at radius 3 is 1.83 bits per heavy atom. The summed E-state index contributed by atoms with van der Waals surface area (Å²) in [7, 11) is 0. The third-order valence-electron chi connectivity index (χ3n) is 5.74. The second kappa shape index (κ2) is 4.02. The molecule has 7 bridgehead atoms. The molecule has 8 heterocycles. The molecule has 10 aliphatic rings. The summed E-state index contributed by atoms with van der Waals surface area (Å²) in [5.41, 5.74) is 3.59. The van der Waals surface area contributed by atoms with Crippen LogP contribution in [0, 0.1) is 5.41 Å². The molecule has 1 unspecified atom stereocenters. The number of hydrogen-bond acceptors (Lipinski definition) is 4. The maximum absolute atomic E-state index is 6.63. The lowest BCUT2D eigenvalue weighted by molar-refractivity contribution is -0.346. The largest absolute Gasteiger partial charge is 0.347 e. The van der Waals surface area contributed by atoms with Crippen LogP contribution in [0.25, 0.3) is 0 Å². The Labute approximate surface area is 134 Å². The van der Waals surface area contributed by atoms with E-state index in [0.717, 1.165) is 11.1 Å². The van der Waals surface area contributed by atoms with Crippen molar-refractivity contribution in [3.05, 3.63) is 70.8 Å². The first kappa shape index (κ1) is 12.7. The molecule has 4 nitrogen and oxygen atoms in total. The van der Waals surface area contributed by atoms with Gasteiger partial charge in [0.05, 0.1) is 25.2 Å². The van der Waals surface area contributed by atoms with Crippen LogP contribution in [-0.4, -0.2) is 25.4 Å². The summed E-state index contributed by atoms with van der Waals surface area (Å²) in [4.78, 5) is 0. The molecule has 0 aromatic heterocycles. The van der Waals surface area contributed by atoms with Crippen LogP contribution < -0.4 is 0 Å². The average molecular weight is 308 g/mol. The summed E-state index contributed by atoms with van der Waals surface area (Å²) >= 11 is 0. The SMILES string of the molecule is C1=CC2=CC=C1C21OC2OCC13COC(OC3)c1ccc2cc1. The van der Waals surface area contributed by atoms with Gasteiger partial charge in [-0.3, -0.25) is 0 Å². The molecule has 116 valence electrons. The Morgan fingerprint density at radius 1 is 0.739 bits per heavy atom. The van der Waals surface area contributed by atoms with Crippen molar-refractivity contribution in [1.82, 2.24) is 0 Å². The zero-order chi connectivity index (χ0) is 15.1. The van der Waals surface area contributed by atoms with E-state index in [4.69, 9.17) is 18.9 Å². The molecule has 2 aliphatic carbocycles. The predicted octanol–water partition coefficient (Wildman–Crippen LogP) is 2.95. The van der Waals surface area contributed by atoms with E-state index in [-0.39, 0.29) is 18.0 Å².